The first-order valence-corrected chi connectivity index (χ1v) is 7.70. The Labute approximate surface area is 85.2 Å². The van der Waals surface area contributed by atoms with Gasteiger partial charge in [-0.3, -0.25) is 0 Å². The molecular formula is C12H25P. The van der Waals surface area contributed by atoms with Gasteiger partial charge in [-0.1, -0.05) is 40.0 Å². The van der Waals surface area contributed by atoms with Crippen molar-refractivity contribution in [2.24, 2.45) is 5.41 Å². The van der Waals surface area contributed by atoms with Crippen molar-refractivity contribution in [2.75, 3.05) is 18.5 Å². The van der Waals surface area contributed by atoms with Gasteiger partial charge in [-0.2, -0.15) is 0 Å². The molecular weight excluding hydrogens is 175 g/mol. The molecule has 0 spiro atoms. The molecule has 0 aromatic heterocycles. The minimum absolute atomic E-state index is 0.397. The van der Waals surface area contributed by atoms with Crippen molar-refractivity contribution in [2.45, 2.75) is 52.9 Å². The number of hydrogen-bond donors (Lipinski definition) is 0. The van der Waals surface area contributed by atoms with Crippen LogP contribution in [0.2, 0.25) is 0 Å². The molecule has 78 valence electrons. The molecule has 13 heavy (non-hydrogen) atoms. The van der Waals surface area contributed by atoms with Gasteiger partial charge in [-0.05, 0) is 36.7 Å². The van der Waals surface area contributed by atoms with E-state index in [-0.39, 0.29) is 0 Å². The topological polar surface area (TPSA) is 0 Å². The van der Waals surface area contributed by atoms with E-state index in [0.717, 1.165) is 0 Å². The zero-order chi connectivity index (χ0) is 9.73. The Morgan fingerprint density at radius 1 is 0.846 bits per heavy atom. The first-order valence-electron chi connectivity index (χ1n) is 5.80. The maximum Gasteiger partial charge on any atom is -0.0277 e. The van der Waals surface area contributed by atoms with E-state index >= 15 is 0 Å². The molecule has 0 N–H and O–H groups in total. The van der Waals surface area contributed by atoms with Crippen LogP contribution >= 0.6 is 7.92 Å². The molecule has 0 aromatic rings. The van der Waals surface area contributed by atoms with Crippen LogP contribution in [0.25, 0.3) is 0 Å². The van der Waals surface area contributed by atoms with Crippen LogP contribution in [0.15, 0.2) is 0 Å². The van der Waals surface area contributed by atoms with Crippen LogP contribution in [0.1, 0.15) is 52.9 Å². The molecule has 1 heteroatoms. The summed E-state index contributed by atoms with van der Waals surface area (Å²) >= 11 is 0. The van der Waals surface area contributed by atoms with Crippen LogP contribution in [0.5, 0.6) is 0 Å². The normalized spacial score (nSPS) is 22.4. The second-order valence-electron chi connectivity index (χ2n) is 5.60. The lowest BCUT2D eigenvalue weighted by Gasteiger charge is -2.27. The predicted octanol–water partition coefficient (Wildman–Crippen LogP) is 4.48. The van der Waals surface area contributed by atoms with Gasteiger partial charge >= 0.3 is 0 Å². The highest BCUT2D eigenvalue weighted by Gasteiger charge is 2.18. The van der Waals surface area contributed by atoms with E-state index < -0.39 is 0 Å². The molecule has 0 aliphatic carbocycles. The third-order valence-corrected chi connectivity index (χ3v) is 5.94. The van der Waals surface area contributed by atoms with E-state index in [4.69, 9.17) is 0 Å². The van der Waals surface area contributed by atoms with Gasteiger partial charge in [0.2, 0.25) is 0 Å². The molecule has 1 rings (SSSR count). The minimum Gasteiger partial charge on any atom is -0.106 e. The third-order valence-electron chi connectivity index (χ3n) is 2.65. The molecule has 1 heterocycles. The molecule has 1 fully saturated rings. The van der Waals surface area contributed by atoms with E-state index in [1.54, 1.807) is 12.3 Å². The van der Waals surface area contributed by atoms with Crippen LogP contribution in [-0.4, -0.2) is 18.5 Å². The Balaban J connectivity index is 2.29. The summed E-state index contributed by atoms with van der Waals surface area (Å²) in [4.78, 5) is 0. The Bertz CT molecular complexity index is 127. The first-order chi connectivity index (χ1) is 6.08. The summed E-state index contributed by atoms with van der Waals surface area (Å²) in [5.74, 6) is 0. The Kier molecular flexibility index (Phi) is 4.73. The lowest BCUT2D eigenvalue weighted by molar-refractivity contribution is 0.475. The SMILES string of the molecule is CC(C)(C)CP1CCCCCCC1. The van der Waals surface area contributed by atoms with Gasteiger partial charge in [0, 0.05) is 0 Å². The minimum atomic E-state index is 0.397. The van der Waals surface area contributed by atoms with E-state index in [1.165, 1.54) is 38.3 Å². The molecule has 1 saturated heterocycles. The summed E-state index contributed by atoms with van der Waals surface area (Å²) in [7, 11) is 0.397. The van der Waals surface area contributed by atoms with Gasteiger partial charge in [-0.25, -0.2) is 0 Å². The van der Waals surface area contributed by atoms with Crippen LogP contribution in [0.4, 0.5) is 0 Å². The largest absolute Gasteiger partial charge is 0.106 e. The van der Waals surface area contributed by atoms with Gasteiger partial charge in [0.05, 0.1) is 0 Å². The standard InChI is InChI=1S/C12H25P/c1-12(2,3)11-13-9-7-5-4-6-8-10-13/h4-11H2,1-3H3. The zero-order valence-electron chi connectivity index (χ0n) is 9.60. The molecule has 0 radical (unpaired) electrons. The van der Waals surface area contributed by atoms with Gasteiger partial charge in [0.15, 0.2) is 0 Å². The fourth-order valence-electron chi connectivity index (χ4n) is 2.14. The van der Waals surface area contributed by atoms with Crippen LogP contribution in [0, 0.1) is 5.41 Å². The third kappa shape index (κ3) is 5.68. The highest BCUT2D eigenvalue weighted by atomic mass is 31.1. The molecule has 1 aliphatic heterocycles. The molecule has 0 nitrogen and oxygen atoms in total. The van der Waals surface area contributed by atoms with Crippen molar-refractivity contribution in [3.63, 3.8) is 0 Å². The summed E-state index contributed by atoms with van der Waals surface area (Å²) in [5, 5.41) is 0. The van der Waals surface area contributed by atoms with Gasteiger partial charge in [0.1, 0.15) is 0 Å². The van der Waals surface area contributed by atoms with E-state index in [9.17, 15) is 0 Å². The molecule has 0 aromatic carbocycles. The Hall–Kier alpha value is 0.430. The van der Waals surface area contributed by atoms with Crippen LogP contribution in [0.3, 0.4) is 0 Å². The Morgan fingerprint density at radius 2 is 1.31 bits per heavy atom. The molecule has 1 aliphatic rings. The number of hydrogen-bond acceptors (Lipinski definition) is 0. The van der Waals surface area contributed by atoms with E-state index in [1.807, 2.05) is 0 Å². The smallest absolute Gasteiger partial charge is 0.0277 e. The fourth-order valence-corrected chi connectivity index (χ4v) is 5.37. The highest BCUT2D eigenvalue weighted by molar-refractivity contribution is 7.57. The fraction of sp³-hybridized carbons (Fsp3) is 1.00. The quantitative estimate of drug-likeness (QED) is 0.547. The number of rotatable bonds is 1. The van der Waals surface area contributed by atoms with Crippen molar-refractivity contribution >= 4 is 7.92 Å². The molecule has 0 bridgehead atoms. The summed E-state index contributed by atoms with van der Waals surface area (Å²) in [5.41, 5.74) is 0.574. The van der Waals surface area contributed by atoms with Gasteiger partial charge in [-0.15, -0.1) is 7.92 Å². The molecule has 0 unspecified atom stereocenters. The lowest BCUT2D eigenvalue weighted by Crippen LogP contribution is -2.13. The van der Waals surface area contributed by atoms with Crippen LogP contribution in [-0.2, 0) is 0 Å². The second kappa shape index (κ2) is 5.35. The average Bonchev–Trinajstić information content (AvgIpc) is 1.92. The summed E-state index contributed by atoms with van der Waals surface area (Å²) in [6.45, 7) is 7.19. The monoisotopic (exact) mass is 200 g/mol. The van der Waals surface area contributed by atoms with Crippen LogP contribution < -0.4 is 0 Å². The summed E-state index contributed by atoms with van der Waals surface area (Å²) in [6.07, 6.45) is 12.2. The van der Waals surface area contributed by atoms with Gasteiger partial charge in [0.25, 0.3) is 0 Å². The molecule has 0 atom stereocenters. The average molecular weight is 200 g/mol. The zero-order valence-corrected chi connectivity index (χ0v) is 10.5. The summed E-state index contributed by atoms with van der Waals surface area (Å²) in [6, 6.07) is 0. The predicted molar refractivity (Wildman–Crippen MR) is 64.1 cm³/mol. The summed E-state index contributed by atoms with van der Waals surface area (Å²) < 4.78 is 0. The molecule has 0 saturated carbocycles. The Morgan fingerprint density at radius 3 is 1.77 bits per heavy atom. The van der Waals surface area contributed by atoms with Crippen molar-refractivity contribution < 1.29 is 0 Å². The van der Waals surface area contributed by atoms with Crippen molar-refractivity contribution in [1.82, 2.24) is 0 Å². The lowest BCUT2D eigenvalue weighted by atomic mass is 10.0. The first kappa shape index (κ1) is 11.5. The highest BCUT2D eigenvalue weighted by Crippen LogP contribution is 2.44. The van der Waals surface area contributed by atoms with Crippen molar-refractivity contribution in [1.29, 1.82) is 0 Å². The second-order valence-corrected chi connectivity index (χ2v) is 8.16. The van der Waals surface area contributed by atoms with E-state index in [0.29, 0.717) is 13.3 Å². The van der Waals surface area contributed by atoms with E-state index in [2.05, 4.69) is 20.8 Å². The van der Waals surface area contributed by atoms with Gasteiger partial charge < -0.3 is 0 Å². The maximum atomic E-state index is 2.40. The molecule has 0 amide bonds. The van der Waals surface area contributed by atoms with Crippen molar-refractivity contribution in [3.05, 3.63) is 0 Å². The van der Waals surface area contributed by atoms with Crippen molar-refractivity contribution in [3.8, 4) is 0 Å². The maximum absolute atomic E-state index is 2.40.